The van der Waals surface area contributed by atoms with Gasteiger partial charge in [-0.3, -0.25) is 20.3 Å². The molecule has 11 heteroatoms. The zero-order chi connectivity index (χ0) is 24.0. The predicted octanol–water partition coefficient (Wildman–Crippen LogP) is 4.11. The van der Waals surface area contributed by atoms with Crippen molar-refractivity contribution in [3.8, 4) is 11.8 Å². The van der Waals surface area contributed by atoms with E-state index < -0.39 is 20.6 Å². The van der Waals surface area contributed by atoms with Crippen LogP contribution in [0.1, 0.15) is 18.1 Å². The number of sulfonamides is 1. The number of hydrogen-bond acceptors (Lipinski definition) is 8. The molecule has 3 rings (SSSR count). The Bertz CT molecular complexity index is 1360. The van der Waals surface area contributed by atoms with E-state index in [0.717, 1.165) is 6.07 Å². The molecule has 0 unspecified atom stereocenters. The Labute approximate surface area is 190 Å². The number of rotatable bonds is 8. The molecule has 3 aromatic rings. The zero-order valence-corrected chi connectivity index (χ0v) is 18.5. The molecule has 0 heterocycles. The monoisotopic (exact) mass is 465 g/mol. The molecule has 0 fully saturated rings. The fraction of sp³-hybridized carbons (Fsp3) is 0.0909. The molecule has 33 heavy (non-hydrogen) atoms. The summed E-state index contributed by atoms with van der Waals surface area (Å²) in [5, 5.41) is 24.6. The molecule has 2 N–H and O–H groups in total. The van der Waals surface area contributed by atoms with Crippen LogP contribution in [0.5, 0.6) is 5.75 Å². The first-order valence-corrected chi connectivity index (χ1v) is 11.0. The van der Waals surface area contributed by atoms with E-state index in [0.29, 0.717) is 22.6 Å². The van der Waals surface area contributed by atoms with Crippen LogP contribution in [0.2, 0.25) is 0 Å². The van der Waals surface area contributed by atoms with Crippen molar-refractivity contribution in [2.75, 3.05) is 17.3 Å². The van der Waals surface area contributed by atoms with Gasteiger partial charge in [-0.25, -0.2) is 8.42 Å². The Balaban J connectivity index is 1.88. The van der Waals surface area contributed by atoms with E-state index in [1.165, 1.54) is 25.3 Å². The van der Waals surface area contributed by atoms with E-state index in [1.54, 1.807) is 49.4 Å². The number of nitrogens with zero attached hydrogens (tertiary/aromatic N) is 3. The lowest BCUT2D eigenvalue weighted by molar-refractivity contribution is -0.384. The number of nitriles is 1. The quantitative estimate of drug-likeness (QED) is 0.289. The van der Waals surface area contributed by atoms with Crippen LogP contribution in [0.25, 0.3) is 0 Å². The lowest BCUT2D eigenvalue weighted by atomic mass is 10.1. The number of benzene rings is 3. The van der Waals surface area contributed by atoms with Crippen molar-refractivity contribution in [1.29, 1.82) is 5.26 Å². The lowest BCUT2D eigenvalue weighted by Gasteiger charge is -2.12. The van der Waals surface area contributed by atoms with Gasteiger partial charge in [0.05, 0.1) is 40.0 Å². The molecule has 0 spiro atoms. The third-order valence-electron chi connectivity index (χ3n) is 4.60. The molecular formula is C22H19N5O5S. The van der Waals surface area contributed by atoms with E-state index in [2.05, 4.69) is 15.2 Å². The number of hydrazone groups is 1. The van der Waals surface area contributed by atoms with Crippen LogP contribution in [0.15, 0.2) is 76.7 Å². The number of para-hydroxylation sites is 2. The molecule has 0 bridgehead atoms. The van der Waals surface area contributed by atoms with Gasteiger partial charge in [-0.15, -0.1) is 0 Å². The van der Waals surface area contributed by atoms with Gasteiger partial charge in [0.1, 0.15) is 11.4 Å². The van der Waals surface area contributed by atoms with Crippen molar-refractivity contribution in [1.82, 2.24) is 0 Å². The van der Waals surface area contributed by atoms with Crippen LogP contribution in [0.4, 0.5) is 17.1 Å². The number of ether oxygens (including phenoxy) is 1. The average Bonchev–Trinajstić information content (AvgIpc) is 2.82. The molecule has 0 aliphatic heterocycles. The summed E-state index contributed by atoms with van der Waals surface area (Å²) in [6.07, 6.45) is 0. The van der Waals surface area contributed by atoms with Gasteiger partial charge in [0.2, 0.25) is 0 Å². The largest absolute Gasteiger partial charge is 0.495 e. The van der Waals surface area contributed by atoms with Crippen LogP contribution >= 0.6 is 0 Å². The van der Waals surface area contributed by atoms with Crippen LogP contribution in [0.3, 0.4) is 0 Å². The third kappa shape index (κ3) is 5.44. The highest BCUT2D eigenvalue weighted by molar-refractivity contribution is 7.92. The minimum atomic E-state index is -4.12. The fourth-order valence-corrected chi connectivity index (χ4v) is 3.94. The third-order valence-corrected chi connectivity index (χ3v) is 5.97. The molecule has 0 aliphatic rings. The first kappa shape index (κ1) is 23.2. The molecule has 0 aromatic heterocycles. The zero-order valence-electron chi connectivity index (χ0n) is 17.6. The van der Waals surface area contributed by atoms with Crippen LogP contribution < -0.4 is 14.9 Å². The Morgan fingerprint density at radius 1 is 1.09 bits per heavy atom. The van der Waals surface area contributed by atoms with Crippen molar-refractivity contribution in [3.05, 3.63) is 88.0 Å². The normalized spacial score (nSPS) is 11.4. The number of nitro benzene ring substituents is 1. The number of hydrogen-bond donors (Lipinski definition) is 2. The van der Waals surface area contributed by atoms with E-state index in [9.17, 15) is 18.5 Å². The second kappa shape index (κ2) is 9.80. The minimum Gasteiger partial charge on any atom is -0.495 e. The maximum absolute atomic E-state index is 12.8. The average molecular weight is 465 g/mol. The summed E-state index contributed by atoms with van der Waals surface area (Å²) in [6.45, 7) is 1.69. The van der Waals surface area contributed by atoms with Crippen LogP contribution in [-0.2, 0) is 10.0 Å². The fourth-order valence-electron chi connectivity index (χ4n) is 2.85. The molecule has 10 nitrogen and oxygen atoms in total. The molecular weight excluding hydrogens is 446 g/mol. The lowest BCUT2D eigenvalue weighted by Crippen LogP contribution is -2.14. The topological polar surface area (TPSA) is 147 Å². The van der Waals surface area contributed by atoms with Gasteiger partial charge in [-0.05, 0) is 48.9 Å². The van der Waals surface area contributed by atoms with Gasteiger partial charge in [0, 0.05) is 6.07 Å². The van der Waals surface area contributed by atoms with Crippen molar-refractivity contribution in [2.24, 2.45) is 5.10 Å². The predicted molar refractivity (Wildman–Crippen MR) is 124 cm³/mol. The van der Waals surface area contributed by atoms with Crippen LogP contribution in [0, 0.1) is 21.4 Å². The first-order valence-electron chi connectivity index (χ1n) is 9.50. The Morgan fingerprint density at radius 2 is 1.79 bits per heavy atom. The molecule has 0 atom stereocenters. The Morgan fingerprint density at radius 3 is 2.42 bits per heavy atom. The van der Waals surface area contributed by atoms with Crippen LogP contribution in [-0.4, -0.2) is 26.2 Å². The summed E-state index contributed by atoms with van der Waals surface area (Å²) in [5.74, 6) is 0.307. The second-order valence-corrected chi connectivity index (χ2v) is 8.42. The van der Waals surface area contributed by atoms with Gasteiger partial charge in [-0.1, -0.05) is 24.3 Å². The smallest absolute Gasteiger partial charge is 0.295 e. The van der Waals surface area contributed by atoms with E-state index >= 15 is 0 Å². The molecule has 0 saturated carbocycles. The maximum Gasteiger partial charge on any atom is 0.295 e. The highest BCUT2D eigenvalue weighted by atomic mass is 32.2. The molecule has 0 radical (unpaired) electrons. The molecule has 0 saturated heterocycles. The van der Waals surface area contributed by atoms with Gasteiger partial charge in [0.25, 0.3) is 15.7 Å². The second-order valence-electron chi connectivity index (χ2n) is 6.74. The number of nitro groups is 1. The summed E-state index contributed by atoms with van der Waals surface area (Å²) in [5.41, 5.74) is 4.09. The van der Waals surface area contributed by atoms with Gasteiger partial charge < -0.3 is 4.74 Å². The highest BCUT2D eigenvalue weighted by Gasteiger charge is 2.22. The van der Waals surface area contributed by atoms with Gasteiger partial charge >= 0.3 is 0 Å². The Hall–Kier alpha value is -4.43. The van der Waals surface area contributed by atoms with E-state index in [4.69, 9.17) is 10.00 Å². The molecule has 0 amide bonds. The minimum absolute atomic E-state index is 0.0178. The summed E-state index contributed by atoms with van der Waals surface area (Å²) in [4.78, 5) is 10.6. The SMILES string of the molecule is COc1ccccc1NS(=O)(=O)c1ccc(N/N=C(/C)c2ccc(C#N)cc2)c([N+](=O)[O-])c1. The number of methoxy groups -OCH3 is 1. The molecule has 0 aliphatic carbocycles. The first-order chi connectivity index (χ1) is 15.7. The Kier molecular flexibility index (Phi) is 6.90. The van der Waals surface area contributed by atoms with Crippen molar-refractivity contribution in [2.45, 2.75) is 11.8 Å². The van der Waals surface area contributed by atoms with Crippen molar-refractivity contribution < 1.29 is 18.1 Å². The molecule has 3 aromatic carbocycles. The molecule has 168 valence electrons. The van der Waals surface area contributed by atoms with Crippen molar-refractivity contribution in [3.63, 3.8) is 0 Å². The number of anilines is 2. The van der Waals surface area contributed by atoms with E-state index in [1.807, 2.05) is 6.07 Å². The summed E-state index contributed by atoms with van der Waals surface area (Å²) in [6, 6.07) is 18.5. The van der Waals surface area contributed by atoms with E-state index in [-0.39, 0.29) is 16.3 Å². The number of nitrogens with one attached hydrogen (secondary N) is 2. The highest BCUT2D eigenvalue weighted by Crippen LogP contribution is 2.30. The summed E-state index contributed by atoms with van der Waals surface area (Å²) < 4.78 is 33.1. The summed E-state index contributed by atoms with van der Waals surface area (Å²) >= 11 is 0. The standard InChI is InChI=1S/C22H19N5O5S/c1-15(17-9-7-16(14-23)8-10-17)24-25-19-12-11-18(13-21(19)27(28)29)33(30,31)26-20-5-3-4-6-22(20)32-2/h3-13,25-26H,1-2H3/b24-15-. The maximum atomic E-state index is 12.8. The van der Waals surface area contributed by atoms with Gasteiger partial charge in [-0.2, -0.15) is 10.4 Å². The van der Waals surface area contributed by atoms with Crippen molar-refractivity contribution >= 4 is 32.8 Å². The van der Waals surface area contributed by atoms with Gasteiger partial charge in [0.15, 0.2) is 0 Å². The summed E-state index contributed by atoms with van der Waals surface area (Å²) in [7, 11) is -2.72.